The number of aliphatic hydroxyl groups excluding tert-OH is 1. The van der Waals surface area contributed by atoms with Crippen molar-refractivity contribution in [1.29, 1.82) is 0 Å². The Morgan fingerprint density at radius 3 is 2.77 bits per heavy atom. The maximum Gasteiger partial charge on any atom is 0.0990 e. The Morgan fingerprint density at radius 1 is 1.62 bits per heavy atom. The van der Waals surface area contributed by atoms with Crippen LogP contribution in [0.1, 0.15) is 18.2 Å². The molecular formula is C9H17N3O. The lowest BCUT2D eigenvalue weighted by Crippen LogP contribution is -2.16. The molecule has 1 aromatic heterocycles. The normalized spacial score (nSPS) is 13.6. The summed E-state index contributed by atoms with van der Waals surface area (Å²) in [5.41, 5.74) is 0.754. The van der Waals surface area contributed by atoms with Crippen LogP contribution in [0.5, 0.6) is 0 Å². The first-order chi connectivity index (χ1) is 6.09. The molecular weight excluding hydrogens is 166 g/mol. The average Bonchev–Trinajstić information content (AvgIpc) is 2.47. The van der Waals surface area contributed by atoms with Gasteiger partial charge in [0.15, 0.2) is 0 Å². The van der Waals surface area contributed by atoms with Crippen molar-refractivity contribution in [3.05, 3.63) is 18.0 Å². The molecule has 0 aliphatic carbocycles. The Balaban J connectivity index is 2.44. The molecule has 1 rings (SSSR count). The van der Waals surface area contributed by atoms with E-state index in [1.54, 1.807) is 4.68 Å². The lowest BCUT2D eigenvalue weighted by Gasteiger charge is -2.12. The fourth-order valence-corrected chi connectivity index (χ4v) is 1.14. The van der Waals surface area contributed by atoms with E-state index in [2.05, 4.69) is 5.10 Å². The van der Waals surface area contributed by atoms with Gasteiger partial charge in [-0.05, 0) is 26.6 Å². The van der Waals surface area contributed by atoms with Crippen molar-refractivity contribution in [3.63, 3.8) is 0 Å². The fraction of sp³-hybridized carbons (Fsp3) is 0.667. The molecule has 0 spiro atoms. The van der Waals surface area contributed by atoms with Gasteiger partial charge in [-0.1, -0.05) is 0 Å². The molecule has 0 aliphatic rings. The standard InChI is InChI=1S/C9H17N3O/c1-11(2)6-5-9(13)8-4-7-12(3)10-8/h4,7,9,13H,5-6H2,1-3H3. The second-order valence-electron chi connectivity index (χ2n) is 3.52. The van der Waals surface area contributed by atoms with Crippen LogP contribution in [-0.4, -0.2) is 40.4 Å². The largest absolute Gasteiger partial charge is 0.387 e. The molecule has 13 heavy (non-hydrogen) atoms. The summed E-state index contributed by atoms with van der Waals surface area (Å²) in [6.07, 6.45) is 2.13. The second kappa shape index (κ2) is 4.39. The molecule has 74 valence electrons. The van der Waals surface area contributed by atoms with Gasteiger partial charge < -0.3 is 10.0 Å². The van der Waals surface area contributed by atoms with Gasteiger partial charge in [0.05, 0.1) is 11.8 Å². The summed E-state index contributed by atoms with van der Waals surface area (Å²) in [6, 6.07) is 1.85. The van der Waals surface area contributed by atoms with Crippen LogP contribution in [0.25, 0.3) is 0 Å². The quantitative estimate of drug-likeness (QED) is 0.735. The van der Waals surface area contributed by atoms with Crippen LogP contribution in [-0.2, 0) is 7.05 Å². The van der Waals surface area contributed by atoms with Crippen LogP contribution in [0.3, 0.4) is 0 Å². The summed E-state index contributed by atoms with van der Waals surface area (Å²) in [6.45, 7) is 0.873. The highest BCUT2D eigenvalue weighted by Gasteiger charge is 2.09. The maximum absolute atomic E-state index is 9.68. The van der Waals surface area contributed by atoms with Crippen molar-refractivity contribution in [3.8, 4) is 0 Å². The minimum absolute atomic E-state index is 0.441. The third kappa shape index (κ3) is 3.16. The van der Waals surface area contributed by atoms with E-state index in [9.17, 15) is 5.11 Å². The molecule has 1 atom stereocenters. The Labute approximate surface area is 78.8 Å². The van der Waals surface area contributed by atoms with Crippen LogP contribution >= 0.6 is 0 Å². The number of aliphatic hydroxyl groups is 1. The Morgan fingerprint density at radius 2 is 2.31 bits per heavy atom. The van der Waals surface area contributed by atoms with Gasteiger partial charge in [0.2, 0.25) is 0 Å². The summed E-state index contributed by atoms with van der Waals surface area (Å²) in [4.78, 5) is 2.05. The predicted molar refractivity (Wildman–Crippen MR) is 51.3 cm³/mol. The highest BCUT2D eigenvalue weighted by Crippen LogP contribution is 2.13. The van der Waals surface area contributed by atoms with Crippen LogP contribution in [0.2, 0.25) is 0 Å². The molecule has 1 N–H and O–H groups in total. The average molecular weight is 183 g/mol. The number of nitrogens with zero attached hydrogens (tertiary/aromatic N) is 3. The molecule has 1 heterocycles. The summed E-state index contributed by atoms with van der Waals surface area (Å²) < 4.78 is 1.70. The van der Waals surface area contributed by atoms with Crippen molar-refractivity contribution in [2.45, 2.75) is 12.5 Å². The fourth-order valence-electron chi connectivity index (χ4n) is 1.14. The van der Waals surface area contributed by atoms with Gasteiger partial charge in [-0.25, -0.2) is 0 Å². The van der Waals surface area contributed by atoms with E-state index < -0.39 is 6.10 Å². The van der Waals surface area contributed by atoms with Crippen LogP contribution < -0.4 is 0 Å². The summed E-state index contributed by atoms with van der Waals surface area (Å²) >= 11 is 0. The van der Waals surface area contributed by atoms with Gasteiger partial charge >= 0.3 is 0 Å². The third-order valence-electron chi connectivity index (χ3n) is 1.93. The third-order valence-corrected chi connectivity index (χ3v) is 1.93. The lowest BCUT2D eigenvalue weighted by atomic mass is 10.2. The second-order valence-corrected chi connectivity index (χ2v) is 3.52. The highest BCUT2D eigenvalue weighted by molar-refractivity contribution is 5.02. The van der Waals surface area contributed by atoms with E-state index in [0.29, 0.717) is 0 Å². The van der Waals surface area contributed by atoms with Crippen LogP contribution in [0.15, 0.2) is 12.3 Å². The molecule has 4 heteroatoms. The number of aromatic nitrogens is 2. The zero-order valence-corrected chi connectivity index (χ0v) is 8.44. The molecule has 0 bridgehead atoms. The van der Waals surface area contributed by atoms with Crippen LogP contribution in [0.4, 0.5) is 0 Å². The first-order valence-electron chi connectivity index (χ1n) is 4.42. The highest BCUT2D eigenvalue weighted by atomic mass is 16.3. The Bertz CT molecular complexity index is 257. The first-order valence-corrected chi connectivity index (χ1v) is 4.42. The SMILES string of the molecule is CN(C)CCC(O)c1ccn(C)n1. The molecule has 1 aromatic rings. The monoisotopic (exact) mass is 183 g/mol. The first kappa shape index (κ1) is 10.2. The minimum Gasteiger partial charge on any atom is -0.387 e. The number of hydrogen-bond donors (Lipinski definition) is 1. The van der Waals surface area contributed by atoms with Crippen molar-refractivity contribution in [2.24, 2.45) is 7.05 Å². The number of aryl methyl sites for hydroxylation is 1. The van der Waals surface area contributed by atoms with E-state index >= 15 is 0 Å². The van der Waals surface area contributed by atoms with Gasteiger partial charge in [0, 0.05) is 19.8 Å². The van der Waals surface area contributed by atoms with E-state index in [4.69, 9.17) is 0 Å². The van der Waals surface area contributed by atoms with Gasteiger partial charge in [0.25, 0.3) is 0 Å². The molecule has 0 aliphatic heterocycles. The molecule has 0 radical (unpaired) electrons. The van der Waals surface area contributed by atoms with E-state index in [1.807, 2.05) is 38.3 Å². The minimum atomic E-state index is -0.441. The van der Waals surface area contributed by atoms with Crippen LogP contribution in [0, 0.1) is 0 Å². The molecule has 0 saturated heterocycles. The molecule has 0 fully saturated rings. The number of rotatable bonds is 4. The van der Waals surface area contributed by atoms with Crippen molar-refractivity contribution >= 4 is 0 Å². The van der Waals surface area contributed by atoms with Gasteiger partial charge in [-0.2, -0.15) is 5.10 Å². The summed E-state index contributed by atoms with van der Waals surface area (Å²) in [5.74, 6) is 0. The maximum atomic E-state index is 9.68. The van der Waals surface area contributed by atoms with Gasteiger partial charge in [-0.15, -0.1) is 0 Å². The molecule has 1 unspecified atom stereocenters. The zero-order valence-electron chi connectivity index (χ0n) is 8.44. The smallest absolute Gasteiger partial charge is 0.0990 e. The van der Waals surface area contributed by atoms with Gasteiger partial charge in [-0.3, -0.25) is 4.68 Å². The Kier molecular flexibility index (Phi) is 3.45. The Hall–Kier alpha value is -0.870. The molecule has 4 nitrogen and oxygen atoms in total. The van der Waals surface area contributed by atoms with Crippen molar-refractivity contribution in [1.82, 2.24) is 14.7 Å². The van der Waals surface area contributed by atoms with Gasteiger partial charge in [0.1, 0.15) is 0 Å². The van der Waals surface area contributed by atoms with Crippen molar-refractivity contribution < 1.29 is 5.11 Å². The predicted octanol–water partition coefficient (Wildman–Crippen LogP) is 0.405. The number of hydrogen-bond acceptors (Lipinski definition) is 3. The molecule has 0 aromatic carbocycles. The summed E-state index contributed by atoms with van der Waals surface area (Å²) in [5, 5.41) is 13.8. The lowest BCUT2D eigenvalue weighted by molar-refractivity contribution is 0.149. The summed E-state index contributed by atoms with van der Waals surface area (Å²) in [7, 11) is 5.83. The topological polar surface area (TPSA) is 41.3 Å². The van der Waals surface area contributed by atoms with E-state index in [0.717, 1.165) is 18.7 Å². The molecule has 0 saturated carbocycles. The molecule has 0 amide bonds. The van der Waals surface area contributed by atoms with Crippen molar-refractivity contribution in [2.75, 3.05) is 20.6 Å². The van der Waals surface area contributed by atoms with E-state index in [1.165, 1.54) is 0 Å². The van der Waals surface area contributed by atoms with E-state index in [-0.39, 0.29) is 0 Å². The zero-order chi connectivity index (χ0) is 9.84.